The number of likely N-dealkylation sites (N-methyl/N-ethyl adjacent to an activating group) is 1. The molecule has 0 radical (unpaired) electrons. The number of nitrogens with zero attached hydrogens (tertiary/aromatic N) is 2. The highest BCUT2D eigenvalue weighted by molar-refractivity contribution is 7.99. The van der Waals surface area contributed by atoms with Gasteiger partial charge in [-0.3, -0.25) is 9.59 Å². The van der Waals surface area contributed by atoms with Gasteiger partial charge >= 0.3 is 0 Å². The Hall–Kier alpha value is -2.34. The Morgan fingerprint density at radius 1 is 1.19 bits per heavy atom. The number of carbonyl (C=O) groups excluding carboxylic acids is 2. The molecule has 6 heteroatoms. The molecule has 0 spiro atoms. The van der Waals surface area contributed by atoms with Gasteiger partial charge < -0.3 is 10.2 Å². The third kappa shape index (κ3) is 4.89. The van der Waals surface area contributed by atoms with Gasteiger partial charge in [0.05, 0.1) is 5.56 Å². The number of piperidine rings is 1. The van der Waals surface area contributed by atoms with E-state index in [9.17, 15) is 9.59 Å². The van der Waals surface area contributed by atoms with E-state index in [0.29, 0.717) is 18.5 Å². The quantitative estimate of drug-likeness (QED) is 0.779. The predicted octanol–water partition coefficient (Wildman–Crippen LogP) is 3.16. The van der Waals surface area contributed by atoms with E-state index in [-0.39, 0.29) is 11.8 Å². The van der Waals surface area contributed by atoms with Gasteiger partial charge in [0.2, 0.25) is 5.91 Å². The average molecular weight is 384 g/mol. The summed E-state index contributed by atoms with van der Waals surface area (Å²) in [6.07, 6.45) is 5.24. The molecule has 1 unspecified atom stereocenters. The Morgan fingerprint density at radius 3 is 2.78 bits per heavy atom. The van der Waals surface area contributed by atoms with Crippen molar-refractivity contribution in [3.63, 3.8) is 0 Å². The SMILES string of the molecule is CNC(=O)C1CCCCN1C(=O)c1cccnc1SCCc1ccccc1. The zero-order valence-electron chi connectivity index (χ0n) is 15.6. The highest BCUT2D eigenvalue weighted by Crippen LogP contribution is 2.26. The lowest BCUT2D eigenvalue weighted by Gasteiger charge is -2.34. The first-order chi connectivity index (χ1) is 13.2. The molecule has 1 aliphatic rings. The molecule has 1 fully saturated rings. The van der Waals surface area contributed by atoms with E-state index in [1.807, 2.05) is 24.3 Å². The summed E-state index contributed by atoms with van der Waals surface area (Å²) in [6, 6.07) is 13.5. The van der Waals surface area contributed by atoms with Crippen LogP contribution in [0.2, 0.25) is 0 Å². The maximum atomic E-state index is 13.2. The van der Waals surface area contributed by atoms with Gasteiger partial charge in [-0.25, -0.2) is 4.98 Å². The molecule has 1 N–H and O–H groups in total. The van der Waals surface area contributed by atoms with Crippen LogP contribution in [-0.2, 0) is 11.2 Å². The number of hydrogen-bond donors (Lipinski definition) is 1. The predicted molar refractivity (Wildman–Crippen MR) is 108 cm³/mol. The molecule has 1 aromatic carbocycles. The normalized spacial score (nSPS) is 16.8. The maximum absolute atomic E-state index is 13.2. The first kappa shape index (κ1) is 19.4. The molecule has 0 saturated carbocycles. The number of rotatable bonds is 6. The van der Waals surface area contributed by atoms with E-state index >= 15 is 0 Å². The van der Waals surface area contributed by atoms with Gasteiger partial charge in [-0.05, 0) is 43.4 Å². The summed E-state index contributed by atoms with van der Waals surface area (Å²) in [5.74, 6) is 0.657. The number of aromatic nitrogens is 1. The van der Waals surface area contributed by atoms with E-state index in [1.165, 1.54) is 5.56 Å². The van der Waals surface area contributed by atoms with Crippen molar-refractivity contribution in [2.45, 2.75) is 36.8 Å². The second-order valence-corrected chi connectivity index (χ2v) is 7.65. The second kappa shape index (κ2) is 9.55. The summed E-state index contributed by atoms with van der Waals surface area (Å²) in [5.41, 5.74) is 1.86. The number of carbonyl (C=O) groups is 2. The molecule has 2 aromatic rings. The van der Waals surface area contributed by atoms with Crippen LogP contribution in [0.1, 0.15) is 35.2 Å². The maximum Gasteiger partial charge on any atom is 0.257 e. The number of nitrogens with one attached hydrogen (secondary N) is 1. The van der Waals surface area contributed by atoms with Crippen molar-refractivity contribution in [1.29, 1.82) is 0 Å². The fourth-order valence-corrected chi connectivity index (χ4v) is 4.32. The van der Waals surface area contributed by atoms with Crippen molar-refractivity contribution >= 4 is 23.6 Å². The molecule has 1 aliphatic heterocycles. The van der Waals surface area contributed by atoms with E-state index in [2.05, 4.69) is 22.4 Å². The molecule has 5 nitrogen and oxygen atoms in total. The molecule has 2 amide bonds. The summed E-state index contributed by atoms with van der Waals surface area (Å²) in [4.78, 5) is 31.5. The molecular weight excluding hydrogens is 358 g/mol. The largest absolute Gasteiger partial charge is 0.357 e. The standard InChI is InChI=1S/C21H25N3O2S/c1-22-19(25)18-11-5-6-14-24(18)21(26)17-10-7-13-23-20(17)27-15-12-16-8-3-2-4-9-16/h2-4,7-10,13,18H,5-6,11-12,14-15H2,1H3,(H,22,25). The third-order valence-corrected chi connectivity index (χ3v) is 5.79. The zero-order chi connectivity index (χ0) is 19.1. The summed E-state index contributed by atoms with van der Waals surface area (Å²) >= 11 is 1.59. The van der Waals surface area contributed by atoms with E-state index in [4.69, 9.17) is 0 Å². The first-order valence-electron chi connectivity index (χ1n) is 9.35. The number of pyridine rings is 1. The molecule has 1 saturated heterocycles. The summed E-state index contributed by atoms with van der Waals surface area (Å²) in [5, 5.41) is 3.42. The van der Waals surface area contributed by atoms with Gasteiger partial charge in [-0.2, -0.15) is 0 Å². The highest BCUT2D eigenvalue weighted by Gasteiger charge is 2.33. The average Bonchev–Trinajstić information content (AvgIpc) is 2.74. The fraction of sp³-hybridized carbons (Fsp3) is 0.381. The zero-order valence-corrected chi connectivity index (χ0v) is 16.4. The summed E-state index contributed by atoms with van der Waals surface area (Å²) < 4.78 is 0. The monoisotopic (exact) mass is 383 g/mol. The Labute approximate surface area is 164 Å². The van der Waals surface area contributed by atoms with Gasteiger partial charge in [-0.1, -0.05) is 30.3 Å². The Balaban J connectivity index is 1.72. The Morgan fingerprint density at radius 2 is 2.00 bits per heavy atom. The van der Waals surface area contributed by atoms with Crippen LogP contribution in [0.5, 0.6) is 0 Å². The number of aryl methyl sites for hydroxylation is 1. The molecule has 3 rings (SSSR count). The topological polar surface area (TPSA) is 62.3 Å². The van der Waals surface area contributed by atoms with Crippen LogP contribution < -0.4 is 5.32 Å². The lowest BCUT2D eigenvalue weighted by Crippen LogP contribution is -2.51. The van der Waals surface area contributed by atoms with Gasteiger partial charge in [0.15, 0.2) is 0 Å². The third-order valence-electron chi connectivity index (χ3n) is 4.79. The summed E-state index contributed by atoms with van der Waals surface area (Å²) in [7, 11) is 1.62. The number of thioether (sulfide) groups is 1. The van der Waals surface area contributed by atoms with Crippen molar-refractivity contribution in [3.8, 4) is 0 Å². The number of amides is 2. The lowest BCUT2D eigenvalue weighted by molar-refractivity contribution is -0.126. The van der Waals surface area contributed by atoms with Crippen molar-refractivity contribution in [2.24, 2.45) is 0 Å². The smallest absolute Gasteiger partial charge is 0.257 e. The second-order valence-electron chi connectivity index (χ2n) is 6.56. The molecule has 1 atom stereocenters. The van der Waals surface area contributed by atoms with Gasteiger partial charge in [0.25, 0.3) is 5.91 Å². The lowest BCUT2D eigenvalue weighted by atomic mass is 10.0. The van der Waals surface area contributed by atoms with Crippen LogP contribution in [-0.4, -0.2) is 47.1 Å². The van der Waals surface area contributed by atoms with Gasteiger partial charge in [-0.15, -0.1) is 11.8 Å². The Kier molecular flexibility index (Phi) is 6.87. The molecular formula is C21H25N3O2S. The fourth-order valence-electron chi connectivity index (χ4n) is 3.35. The van der Waals surface area contributed by atoms with Crippen LogP contribution in [0.4, 0.5) is 0 Å². The molecule has 1 aromatic heterocycles. The number of benzene rings is 1. The van der Waals surface area contributed by atoms with Crippen LogP contribution in [0.3, 0.4) is 0 Å². The molecule has 0 aliphatic carbocycles. The van der Waals surface area contributed by atoms with Gasteiger partial charge in [0.1, 0.15) is 11.1 Å². The minimum absolute atomic E-state index is 0.0924. The highest BCUT2D eigenvalue weighted by atomic mass is 32.2. The number of hydrogen-bond acceptors (Lipinski definition) is 4. The molecule has 0 bridgehead atoms. The molecule has 27 heavy (non-hydrogen) atoms. The minimum Gasteiger partial charge on any atom is -0.357 e. The summed E-state index contributed by atoms with van der Waals surface area (Å²) in [6.45, 7) is 0.611. The van der Waals surface area contributed by atoms with E-state index in [1.54, 1.807) is 36.0 Å². The Bertz CT molecular complexity index is 782. The van der Waals surface area contributed by atoms with Crippen molar-refractivity contribution < 1.29 is 9.59 Å². The minimum atomic E-state index is -0.390. The van der Waals surface area contributed by atoms with Crippen molar-refractivity contribution in [3.05, 3.63) is 59.8 Å². The van der Waals surface area contributed by atoms with Crippen molar-refractivity contribution in [1.82, 2.24) is 15.2 Å². The molecule has 2 heterocycles. The van der Waals surface area contributed by atoms with Crippen LogP contribution in [0.15, 0.2) is 53.7 Å². The van der Waals surface area contributed by atoms with Gasteiger partial charge in [0, 0.05) is 25.5 Å². The molecule has 142 valence electrons. The number of likely N-dealkylation sites (tertiary alicyclic amines) is 1. The van der Waals surface area contributed by atoms with E-state index in [0.717, 1.165) is 30.0 Å². The van der Waals surface area contributed by atoms with E-state index < -0.39 is 6.04 Å². The van der Waals surface area contributed by atoms with Crippen LogP contribution >= 0.6 is 11.8 Å². The first-order valence-corrected chi connectivity index (χ1v) is 10.3. The van der Waals surface area contributed by atoms with Crippen LogP contribution in [0, 0.1) is 0 Å². The van der Waals surface area contributed by atoms with Crippen LogP contribution in [0.25, 0.3) is 0 Å². The van der Waals surface area contributed by atoms with Crippen molar-refractivity contribution in [2.75, 3.05) is 19.3 Å².